The van der Waals surface area contributed by atoms with Crippen molar-refractivity contribution in [3.8, 4) is 11.5 Å². The van der Waals surface area contributed by atoms with Crippen molar-refractivity contribution in [1.29, 1.82) is 0 Å². The Morgan fingerprint density at radius 1 is 1.05 bits per heavy atom. The van der Waals surface area contributed by atoms with Crippen LogP contribution in [0, 0.1) is 0 Å². The largest absolute Gasteiger partial charge is 0.506 e. The zero-order valence-corrected chi connectivity index (χ0v) is 11.4. The fraction of sp³-hybridized carbons (Fsp3) is 0.125. The van der Waals surface area contributed by atoms with Gasteiger partial charge in [-0.3, -0.25) is 4.79 Å². The van der Waals surface area contributed by atoms with Gasteiger partial charge in [0.2, 0.25) is 0 Å². The zero-order valence-electron chi connectivity index (χ0n) is 11.4. The van der Waals surface area contributed by atoms with Gasteiger partial charge in [0.25, 0.3) is 0 Å². The second kappa shape index (κ2) is 6.09. The number of aromatic carboxylic acids is 1. The van der Waals surface area contributed by atoms with E-state index in [1.165, 1.54) is 25.3 Å². The monoisotopic (exact) mass is 286 g/mol. The van der Waals surface area contributed by atoms with Crippen LogP contribution in [0.15, 0.2) is 42.5 Å². The molecule has 0 saturated heterocycles. The summed E-state index contributed by atoms with van der Waals surface area (Å²) >= 11 is 0. The van der Waals surface area contributed by atoms with Crippen LogP contribution >= 0.6 is 0 Å². The Bertz CT molecular complexity index is 691. The van der Waals surface area contributed by atoms with E-state index in [1.807, 2.05) is 0 Å². The Hall–Kier alpha value is -2.82. The highest BCUT2D eigenvalue weighted by molar-refractivity contribution is 6.03. The molecule has 0 aliphatic carbocycles. The highest BCUT2D eigenvalue weighted by atomic mass is 16.5. The summed E-state index contributed by atoms with van der Waals surface area (Å²) in [5.41, 5.74) is 0.367. The number of ketones is 1. The molecule has 0 spiro atoms. The van der Waals surface area contributed by atoms with Crippen molar-refractivity contribution in [2.24, 2.45) is 0 Å². The number of carboxylic acids is 1. The molecule has 0 amide bonds. The third kappa shape index (κ3) is 3.02. The van der Waals surface area contributed by atoms with Crippen molar-refractivity contribution in [3.63, 3.8) is 0 Å². The minimum absolute atomic E-state index is 0.0131. The van der Waals surface area contributed by atoms with Crippen LogP contribution in [0.25, 0.3) is 0 Å². The first-order chi connectivity index (χ1) is 10.0. The van der Waals surface area contributed by atoms with Crippen molar-refractivity contribution in [2.45, 2.75) is 6.42 Å². The summed E-state index contributed by atoms with van der Waals surface area (Å²) in [6, 6.07) is 11.1. The molecule has 2 aromatic carbocycles. The molecule has 2 rings (SSSR count). The van der Waals surface area contributed by atoms with E-state index in [9.17, 15) is 14.7 Å². The minimum atomic E-state index is -1.28. The van der Waals surface area contributed by atoms with Gasteiger partial charge in [0.05, 0.1) is 12.7 Å². The Balaban J connectivity index is 2.33. The van der Waals surface area contributed by atoms with Crippen molar-refractivity contribution in [1.82, 2.24) is 0 Å². The molecule has 0 atom stereocenters. The van der Waals surface area contributed by atoms with E-state index in [2.05, 4.69) is 0 Å². The molecule has 0 unspecified atom stereocenters. The standard InChI is InChI=1S/C16H14O5/c1-21-14-8-3-2-5-10(14)9-13(17)11-6-4-7-12(15(11)18)16(19)20/h2-8,18H,9H2,1H3,(H,19,20). The molecule has 5 heteroatoms. The number of Topliss-reactive ketones (excluding diaryl/α,β-unsaturated/α-hetero) is 1. The van der Waals surface area contributed by atoms with Gasteiger partial charge in [-0.05, 0) is 18.2 Å². The molecule has 108 valence electrons. The van der Waals surface area contributed by atoms with Gasteiger partial charge in [0.1, 0.15) is 17.1 Å². The summed E-state index contributed by atoms with van der Waals surface area (Å²) in [6.07, 6.45) is 0.0145. The molecule has 0 aliphatic rings. The molecule has 0 radical (unpaired) electrons. The van der Waals surface area contributed by atoms with Gasteiger partial charge < -0.3 is 14.9 Å². The number of carboxylic acid groups (broad SMARTS) is 1. The zero-order chi connectivity index (χ0) is 15.4. The number of carbonyl (C=O) groups is 2. The van der Waals surface area contributed by atoms with Crippen LogP contribution in [0.2, 0.25) is 0 Å². The average Bonchev–Trinajstić information content (AvgIpc) is 2.47. The third-order valence-corrected chi connectivity index (χ3v) is 3.11. The fourth-order valence-electron chi connectivity index (χ4n) is 2.06. The quantitative estimate of drug-likeness (QED) is 0.825. The number of aromatic hydroxyl groups is 1. The van der Waals surface area contributed by atoms with Gasteiger partial charge >= 0.3 is 5.97 Å². The Kier molecular flexibility index (Phi) is 4.23. The SMILES string of the molecule is COc1ccccc1CC(=O)c1cccc(C(=O)O)c1O. The first-order valence-electron chi connectivity index (χ1n) is 6.25. The van der Waals surface area contributed by atoms with Gasteiger partial charge in [0.15, 0.2) is 5.78 Å². The highest BCUT2D eigenvalue weighted by Crippen LogP contribution is 2.26. The number of methoxy groups -OCH3 is 1. The topological polar surface area (TPSA) is 83.8 Å². The Labute approximate surface area is 121 Å². The minimum Gasteiger partial charge on any atom is -0.506 e. The predicted octanol–water partition coefficient (Wildman–Crippen LogP) is 2.52. The Morgan fingerprint density at radius 2 is 1.71 bits per heavy atom. The fourth-order valence-corrected chi connectivity index (χ4v) is 2.06. The molecule has 0 heterocycles. The lowest BCUT2D eigenvalue weighted by Gasteiger charge is -2.09. The van der Waals surface area contributed by atoms with Crippen LogP contribution in [0.5, 0.6) is 11.5 Å². The maximum atomic E-state index is 12.3. The van der Waals surface area contributed by atoms with E-state index in [-0.39, 0.29) is 23.3 Å². The summed E-state index contributed by atoms with van der Waals surface area (Å²) in [6.45, 7) is 0. The van der Waals surface area contributed by atoms with Gasteiger partial charge in [-0.15, -0.1) is 0 Å². The van der Waals surface area contributed by atoms with E-state index in [1.54, 1.807) is 24.3 Å². The number of ether oxygens (including phenoxy) is 1. The van der Waals surface area contributed by atoms with E-state index in [0.717, 1.165) is 0 Å². The van der Waals surface area contributed by atoms with Crippen molar-refractivity contribution < 1.29 is 24.5 Å². The molecule has 2 N–H and O–H groups in total. The molecule has 2 aromatic rings. The molecule has 0 aliphatic heterocycles. The lowest BCUT2D eigenvalue weighted by molar-refractivity contribution is 0.0693. The van der Waals surface area contributed by atoms with Gasteiger partial charge in [-0.25, -0.2) is 4.79 Å². The summed E-state index contributed by atoms with van der Waals surface area (Å²) < 4.78 is 5.17. The van der Waals surface area contributed by atoms with Crippen LogP contribution in [0.1, 0.15) is 26.3 Å². The molecule has 0 fully saturated rings. The second-order valence-electron chi connectivity index (χ2n) is 4.42. The van der Waals surface area contributed by atoms with Crippen molar-refractivity contribution >= 4 is 11.8 Å². The molecule has 0 aromatic heterocycles. The molecule has 0 saturated carbocycles. The van der Waals surface area contributed by atoms with E-state index < -0.39 is 11.7 Å². The summed E-state index contributed by atoms with van der Waals surface area (Å²) in [5, 5.41) is 18.9. The van der Waals surface area contributed by atoms with Gasteiger partial charge in [-0.1, -0.05) is 24.3 Å². The van der Waals surface area contributed by atoms with E-state index in [4.69, 9.17) is 9.84 Å². The number of carbonyl (C=O) groups excluding carboxylic acids is 1. The highest BCUT2D eigenvalue weighted by Gasteiger charge is 2.19. The van der Waals surface area contributed by atoms with Crippen LogP contribution in [-0.2, 0) is 6.42 Å². The van der Waals surface area contributed by atoms with Crippen LogP contribution < -0.4 is 4.74 Å². The molecule has 5 nitrogen and oxygen atoms in total. The number of hydrogen-bond donors (Lipinski definition) is 2. The van der Waals surface area contributed by atoms with Gasteiger partial charge in [-0.2, -0.15) is 0 Å². The molecule has 21 heavy (non-hydrogen) atoms. The normalized spacial score (nSPS) is 10.1. The number of para-hydroxylation sites is 2. The summed E-state index contributed by atoms with van der Waals surface area (Å²) in [5.74, 6) is -1.59. The summed E-state index contributed by atoms with van der Waals surface area (Å²) in [7, 11) is 1.51. The number of benzene rings is 2. The van der Waals surface area contributed by atoms with Crippen molar-refractivity contribution in [2.75, 3.05) is 7.11 Å². The van der Waals surface area contributed by atoms with Crippen molar-refractivity contribution in [3.05, 3.63) is 59.2 Å². The lowest BCUT2D eigenvalue weighted by atomic mass is 9.99. The summed E-state index contributed by atoms with van der Waals surface area (Å²) in [4.78, 5) is 23.2. The first kappa shape index (κ1) is 14.6. The molecular formula is C16H14O5. The predicted molar refractivity (Wildman–Crippen MR) is 76.1 cm³/mol. The Morgan fingerprint density at radius 3 is 2.38 bits per heavy atom. The third-order valence-electron chi connectivity index (χ3n) is 3.11. The number of phenols is 1. The van der Waals surface area contributed by atoms with Crippen LogP contribution in [-0.4, -0.2) is 29.1 Å². The maximum Gasteiger partial charge on any atom is 0.339 e. The molecular weight excluding hydrogens is 272 g/mol. The first-order valence-corrected chi connectivity index (χ1v) is 6.25. The lowest BCUT2D eigenvalue weighted by Crippen LogP contribution is -2.07. The van der Waals surface area contributed by atoms with Gasteiger partial charge in [0, 0.05) is 12.0 Å². The maximum absolute atomic E-state index is 12.3. The number of rotatable bonds is 5. The number of hydrogen-bond acceptors (Lipinski definition) is 4. The van der Waals surface area contributed by atoms with E-state index in [0.29, 0.717) is 11.3 Å². The smallest absolute Gasteiger partial charge is 0.339 e. The van der Waals surface area contributed by atoms with E-state index >= 15 is 0 Å². The average molecular weight is 286 g/mol. The molecule has 0 bridgehead atoms. The second-order valence-corrected chi connectivity index (χ2v) is 4.42. The van der Waals surface area contributed by atoms with Crippen LogP contribution in [0.3, 0.4) is 0 Å². The van der Waals surface area contributed by atoms with Crippen LogP contribution in [0.4, 0.5) is 0 Å².